The molecule has 0 aliphatic heterocycles. The Labute approximate surface area is 182 Å². The highest BCUT2D eigenvalue weighted by Gasteiger charge is 2.30. The molecule has 32 heavy (non-hydrogen) atoms. The summed E-state index contributed by atoms with van der Waals surface area (Å²) in [6, 6.07) is -5.86. The first kappa shape index (κ1) is 28.5. The number of primary amides is 1. The first-order chi connectivity index (χ1) is 14.9. The van der Waals surface area contributed by atoms with Crippen LogP contribution in [-0.2, 0) is 24.0 Å². The van der Waals surface area contributed by atoms with Gasteiger partial charge in [0.05, 0.1) is 19.6 Å². The molecule has 4 amide bonds. The van der Waals surface area contributed by atoms with E-state index in [1.54, 1.807) is 0 Å². The number of hydrogen-bond donors (Lipinski definition) is 10. The second-order valence-corrected chi connectivity index (χ2v) is 6.61. The maximum Gasteiger partial charge on any atom is 0.326 e. The Balaban J connectivity index is 5.39. The van der Waals surface area contributed by atoms with Crippen LogP contribution in [0.1, 0.15) is 19.3 Å². The predicted molar refractivity (Wildman–Crippen MR) is 109 cm³/mol. The normalized spacial score (nSPS) is 14.2. The quantitative estimate of drug-likeness (QED) is 0.0619. The van der Waals surface area contributed by atoms with Crippen molar-refractivity contribution in [3.05, 3.63) is 0 Å². The first-order valence-corrected chi connectivity index (χ1v) is 9.37. The molecule has 0 aliphatic rings. The number of nitrogens with one attached hydrogen (secondary N) is 3. The van der Waals surface area contributed by atoms with E-state index in [0.717, 1.165) is 0 Å². The van der Waals surface area contributed by atoms with Crippen molar-refractivity contribution in [2.75, 3.05) is 19.8 Å². The van der Waals surface area contributed by atoms with E-state index in [1.807, 2.05) is 0 Å². The van der Waals surface area contributed by atoms with E-state index in [2.05, 4.69) is 20.9 Å². The lowest BCUT2D eigenvalue weighted by molar-refractivity contribution is -0.143. The third-order valence-electron chi connectivity index (χ3n) is 3.95. The molecule has 0 saturated heterocycles. The predicted octanol–water partition coefficient (Wildman–Crippen LogP) is -6.23. The Kier molecular flexibility index (Phi) is 12.9. The molecule has 14 N–H and O–H groups in total. The molecule has 4 unspecified atom stereocenters. The maximum absolute atomic E-state index is 12.6. The lowest BCUT2D eigenvalue weighted by Crippen LogP contribution is -2.58. The lowest BCUT2D eigenvalue weighted by atomic mass is 10.1. The van der Waals surface area contributed by atoms with Crippen LogP contribution in [0, 0.1) is 0 Å². The number of hydrogen-bond acceptors (Lipinski definition) is 9. The average Bonchev–Trinajstić information content (AvgIpc) is 2.71. The summed E-state index contributed by atoms with van der Waals surface area (Å²) in [5.41, 5.74) is 20.7. The number of carboxylic acids is 1. The molecule has 0 aromatic heterocycles. The minimum absolute atomic E-state index is 0.0699. The summed E-state index contributed by atoms with van der Waals surface area (Å²) in [7, 11) is 0. The molecule has 0 aromatic rings. The lowest BCUT2D eigenvalue weighted by Gasteiger charge is -2.24. The maximum atomic E-state index is 12.6. The summed E-state index contributed by atoms with van der Waals surface area (Å²) >= 11 is 0. The molecule has 0 fully saturated rings. The molecule has 0 saturated carbocycles. The molecule has 0 aliphatic carbocycles. The highest BCUT2D eigenvalue weighted by atomic mass is 16.4. The molecule has 0 heterocycles. The van der Waals surface area contributed by atoms with E-state index >= 15 is 0 Å². The van der Waals surface area contributed by atoms with Gasteiger partial charge in [-0.05, 0) is 12.8 Å². The number of aliphatic hydroxyl groups excluding tert-OH is 2. The average molecular weight is 462 g/mol. The third kappa shape index (κ3) is 11.0. The van der Waals surface area contributed by atoms with Crippen molar-refractivity contribution in [3.63, 3.8) is 0 Å². The zero-order valence-electron chi connectivity index (χ0n) is 17.2. The molecule has 16 heteroatoms. The van der Waals surface area contributed by atoms with E-state index in [1.165, 1.54) is 0 Å². The molecule has 0 bridgehead atoms. The van der Waals surface area contributed by atoms with Crippen LogP contribution in [0.25, 0.3) is 0 Å². The van der Waals surface area contributed by atoms with Gasteiger partial charge in [0.15, 0.2) is 5.96 Å². The Morgan fingerprint density at radius 2 is 1.34 bits per heavy atom. The van der Waals surface area contributed by atoms with Gasteiger partial charge in [-0.15, -0.1) is 0 Å². The van der Waals surface area contributed by atoms with Crippen molar-refractivity contribution < 1.29 is 39.3 Å². The molecule has 16 nitrogen and oxygen atoms in total. The van der Waals surface area contributed by atoms with Crippen molar-refractivity contribution in [2.45, 2.75) is 43.4 Å². The smallest absolute Gasteiger partial charge is 0.326 e. The van der Waals surface area contributed by atoms with Gasteiger partial charge < -0.3 is 54.2 Å². The van der Waals surface area contributed by atoms with Crippen LogP contribution in [0.4, 0.5) is 0 Å². The van der Waals surface area contributed by atoms with E-state index in [4.69, 9.17) is 33.1 Å². The van der Waals surface area contributed by atoms with Gasteiger partial charge in [0.1, 0.15) is 24.2 Å². The van der Waals surface area contributed by atoms with Gasteiger partial charge in [-0.1, -0.05) is 0 Å². The van der Waals surface area contributed by atoms with Crippen LogP contribution in [0.2, 0.25) is 0 Å². The number of amides is 4. The highest BCUT2D eigenvalue weighted by Crippen LogP contribution is 2.02. The standard InChI is InChI=1S/C16H30N8O8/c17-7(5-25)12(28)24-10(6-26)14(30)22-8(2-1-3-21-16(19)20)13(29)23-9(15(31)32)4-11(18)27/h7-10,25-26H,1-6,17H2,(H2,18,27)(H,22,30)(H,23,29)(H,24,28)(H,31,32)(H4,19,20,21). The first-order valence-electron chi connectivity index (χ1n) is 9.37. The fourth-order valence-corrected chi connectivity index (χ4v) is 2.27. The van der Waals surface area contributed by atoms with Crippen molar-refractivity contribution in [3.8, 4) is 0 Å². The number of nitrogens with zero attached hydrogens (tertiary/aromatic N) is 1. The topological polar surface area (TPSA) is 299 Å². The molecular weight excluding hydrogens is 432 g/mol. The zero-order chi connectivity index (χ0) is 24.8. The van der Waals surface area contributed by atoms with Crippen molar-refractivity contribution in [1.29, 1.82) is 0 Å². The van der Waals surface area contributed by atoms with Gasteiger partial charge in [-0.2, -0.15) is 0 Å². The molecular formula is C16H30N8O8. The van der Waals surface area contributed by atoms with Crippen molar-refractivity contribution in [1.82, 2.24) is 16.0 Å². The van der Waals surface area contributed by atoms with Crippen LogP contribution >= 0.6 is 0 Å². The van der Waals surface area contributed by atoms with Gasteiger partial charge in [0, 0.05) is 6.54 Å². The monoisotopic (exact) mass is 462 g/mol. The second-order valence-electron chi connectivity index (χ2n) is 6.61. The minimum Gasteiger partial charge on any atom is -0.480 e. The van der Waals surface area contributed by atoms with E-state index in [9.17, 15) is 29.1 Å². The highest BCUT2D eigenvalue weighted by molar-refractivity contribution is 5.94. The van der Waals surface area contributed by atoms with Crippen LogP contribution in [0.5, 0.6) is 0 Å². The number of carbonyl (C=O) groups excluding carboxylic acids is 4. The van der Waals surface area contributed by atoms with Crippen LogP contribution in [-0.4, -0.2) is 94.8 Å². The fourth-order valence-electron chi connectivity index (χ4n) is 2.27. The summed E-state index contributed by atoms with van der Waals surface area (Å²) in [6.07, 6.45) is -0.584. The molecule has 0 spiro atoms. The largest absolute Gasteiger partial charge is 0.480 e. The van der Waals surface area contributed by atoms with Gasteiger partial charge in [0.25, 0.3) is 0 Å². The Morgan fingerprint density at radius 3 is 1.81 bits per heavy atom. The molecule has 4 atom stereocenters. The number of aliphatic carboxylic acids is 1. The zero-order valence-corrected chi connectivity index (χ0v) is 17.2. The summed E-state index contributed by atoms with van der Waals surface area (Å²) in [4.78, 5) is 62.8. The number of aliphatic hydroxyl groups is 2. The Morgan fingerprint density at radius 1 is 0.812 bits per heavy atom. The Hall–Kier alpha value is -3.50. The molecule has 182 valence electrons. The van der Waals surface area contributed by atoms with Crippen LogP contribution < -0.4 is 38.9 Å². The second kappa shape index (κ2) is 14.5. The molecule has 0 aromatic carbocycles. The third-order valence-corrected chi connectivity index (χ3v) is 3.95. The number of aliphatic imine (C=N–C) groups is 1. The summed E-state index contributed by atoms with van der Waals surface area (Å²) in [5, 5.41) is 33.9. The van der Waals surface area contributed by atoms with Gasteiger partial charge in [-0.25, -0.2) is 4.79 Å². The summed E-state index contributed by atoms with van der Waals surface area (Å²) in [5.74, 6) is -5.59. The van der Waals surface area contributed by atoms with Gasteiger partial charge in [0.2, 0.25) is 23.6 Å². The summed E-state index contributed by atoms with van der Waals surface area (Å²) < 4.78 is 0. The number of carbonyl (C=O) groups is 5. The fraction of sp³-hybridized carbons (Fsp3) is 0.625. The van der Waals surface area contributed by atoms with Crippen LogP contribution in [0.3, 0.4) is 0 Å². The van der Waals surface area contributed by atoms with Crippen LogP contribution in [0.15, 0.2) is 4.99 Å². The number of rotatable bonds is 15. The van der Waals surface area contributed by atoms with E-state index in [0.29, 0.717) is 0 Å². The van der Waals surface area contributed by atoms with Gasteiger partial charge >= 0.3 is 5.97 Å². The minimum atomic E-state index is -1.65. The Bertz CT molecular complexity index is 712. The summed E-state index contributed by atoms with van der Waals surface area (Å²) in [6.45, 7) is -1.49. The van der Waals surface area contributed by atoms with Crippen molar-refractivity contribution in [2.24, 2.45) is 27.9 Å². The number of nitrogens with two attached hydrogens (primary N) is 4. The van der Waals surface area contributed by atoms with E-state index < -0.39 is 73.4 Å². The number of carboxylic acid groups (broad SMARTS) is 1. The number of guanidine groups is 1. The van der Waals surface area contributed by atoms with Crippen molar-refractivity contribution >= 4 is 35.6 Å². The SMILES string of the molecule is NC(=O)CC(NC(=O)C(CCCN=C(N)N)NC(=O)C(CO)NC(=O)C(N)CO)C(=O)O. The van der Waals surface area contributed by atoms with Gasteiger partial charge in [-0.3, -0.25) is 24.2 Å². The van der Waals surface area contributed by atoms with E-state index in [-0.39, 0.29) is 25.3 Å². The molecule has 0 rings (SSSR count). The molecule has 0 radical (unpaired) electrons.